The van der Waals surface area contributed by atoms with Gasteiger partial charge < -0.3 is 48.3 Å². The molecule has 39 heavy (non-hydrogen) atoms. The van der Waals surface area contributed by atoms with Gasteiger partial charge in [0, 0.05) is 39.0 Å². The molecule has 2 aromatic rings. The number of fused-ring (bicyclic) bond motifs is 5. The third kappa shape index (κ3) is 7.89. The molecule has 1 aliphatic heterocycles. The zero-order chi connectivity index (χ0) is 28.5. The number of benzene rings is 2. The largest absolute Gasteiger partial charge is 0.508 e. The highest BCUT2D eigenvalue weighted by Crippen LogP contribution is 2.30. The molecular formula is C26H35N7O6. The summed E-state index contributed by atoms with van der Waals surface area (Å²) >= 11 is 0. The summed E-state index contributed by atoms with van der Waals surface area (Å²) in [7, 11) is 0. The van der Waals surface area contributed by atoms with Crippen molar-refractivity contribution >= 4 is 23.6 Å². The maximum atomic E-state index is 13.6. The van der Waals surface area contributed by atoms with Gasteiger partial charge in [-0.05, 0) is 46.5 Å². The molecule has 4 bridgehead atoms. The number of carbonyl (C=O) groups is 4. The quantitative estimate of drug-likeness (QED) is 0.187. The summed E-state index contributed by atoms with van der Waals surface area (Å²) < 4.78 is 0. The molecule has 210 valence electrons. The summed E-state index contributed by atoms with van der Waals surface area (Å²) in [5.74, 6) is -2.48. The van der Waals surface area contributed by atoms with Gasteiger partial charge in [0.1, 0.15) is 17.5 Å². The number of amides is 4. The van der Waals surface area contributed by atoms with Crippen molar-refractivity contribution in [1.82, 2.24) is 20.9 Å². The lowest BCUT2D eigenvalue weighted by Crippen LogP contribution is -2.55. The van der Waals surface area contributed by atoms with Crippen LogP contribution in [0.3, 0.4) is 0 Å². The Kier molecular flexibility index (Phi) is 10.2. The molecule has 2 unspecified atom stereocenters. The number of phenolic OH excluding ortho intramolecular Hbond substituents is 2. The Bertz CT molecular complexity index is 1220. The molecular weight excluding hydrogens is 506 g/mol. The number of nitrogens with two attached hydrogens (primary N) is 3. The van der Waals surface area contributed by atoms with Gasteiger partial charge in [-0.25, -0.2) is 0 Å². The van der Waals surface area contributed by atoms with E-state index in [4.69, 9.17) is 17.2 Å². The van der Waals surface area contributed by atoms with Gasteiger partial charge in [-0.2, -0.15) is 0 Å². The number of nitrogens with one attached hydrogen (secondary N) is 3. The van der Waals surface area contributed by atoms with E-state index in [1.807, 2.05) is 0 Å². The normalized spacial score (nSPS) is 17.7. The number of rotatable bonds is 7. The molecule has 0 spiro atoms. The van der Waals surface area contributed by atoms with Gasteiger partial charge in [0.2, 0.25) is 23.6 Å². The Hall–Kier alpha value is -4.20. The molecule has 0 aromatic heterocycles. The molecule has 2 atom stereocenters. The molecule has 13 nitrogen and oxygen atoms in total. The molecule has 0 aliphatic carbocycles. The lowest BCUT2D eigenvalue weighted by Gasteiger charge is -2.27. The van der Waals surface area contributed by atoms with Crippen molar-refractivity contribution in [3.8, 4) is 22.6 Å². The van der Waals surface area contributed by atoms with Crippen molar-refractivity contribution in [3.63, 3.8) is 0 Å². The van der Waals surface area contributed by atoms with Crippen molar-refractivity contribution in [2.45, 2.75) is 24.9 Å². The van der Waals surface area contributed by atoms with Crippen LogP contribution in [0, 0.1) is 0 Å². The molecule has 4 amide bonds. The van der Waals surface area contributed by atoms with Crippen LogP contribution in [0.5, 0.6) is 11.5 Å². The van der Waals surface area contributed by atoms with Crippen molar-refractivity contribution < 1.29 is 29.4 Å². The summed E-state index contributed by atoms with van der Waals surface area (Å²) in [5.41, 5.74) is 19.3. The van der Waals surface area contributed by atoms with Crippen molar-refractivity contribution in [2.75, 3.05) is 39.3 Å². The highest BCUT2D eigenvalue weighted by molar-refractivity contribution is 5.93. The zero-order valence-electron chi connectivity index (χ0n) is 21.5. The summed E-state index contributed by atoms with van der Waals surface area (Å²) in [4.78, 5) is 52.4. The number of carbonyl (C=O) groups excluding carboxylic acids is 4. The minimum Gasteiger partial charge on any atom is -0.508 e. The van der Waals surface area contributed by atoms with Gasteiger partial charge >= 0.3 is 0 Å². The standard InChI is InChI=1S/C26H35N7O6/c27-5-7-30-24(37)14-33(8-6-28)26(39)20-12-18-10-16(2-4-22(18)35)15-1-3-21(34)17(9-15)11-19(29)25(38)31-13-23(36)32-20/h1-4,9-10,19-20,34-35H,5-8,11-14,27-29H2,(H,30,37)(H,31,38)(H,32,36). The van der Waals surface area contributed by atoms with Crippen LogP contribution in [-0.4, -0.2) is 90.1 Å². The Balaban J connectivity index is 2.01. The minimum atomic E-state index is -1.20. The van der Waals surface area contributed by atoms with Gasteiger partial charge in [0.25, 0.3) is 0 Å². The predicted octanol–water partition coefficient (Wildman–Crippen LogP) is -2.35. The maximum Gasteiger partial charge on any atom is 0.246 e. The predicted molar refractivity (Wildman–Crippen MR) is 143 cm³/mol. The smallest absolute Gasteiger partial charge is 0.246 e. The summed E-state index contributed by atoms with van der Waals surface area (Å²) in [6, 6.07) is 7.40. The Labute approximate surface area is 225 Å². The third-order valence-electron chi connectivity index (χ3n) is 6.26. The molecule has 1 aliphatic rings. The Morgan fingerprint density at radius 3 is 2.18 bits per heavy atom. The van der Waals surface area contributed by atoms with E-state index in [1.165, 1.54) is 17.0 Å². The van der Waals surface area contributed by atoms with Gasteiger partial charge in [0.05, 0.1) is 19.1 Å². The van der Waals surface area contributed by atoms with E-state index >= 15 is 0 Å². The number of hydrogen-bond acceptors (Lipinski definition) is 9. The fraction of sp³-hybridized carbons (Fsp3) is 0.385. The van der Waals surface area contributed by atoms with Crippen molar-refractivity contribution in [3.05, 3.63) is 47.5 Å². The number of aromatic hydroxyl groups is 2. The fourth-order valence-corrected chi connectivity index (χ4v) is 4.23. The number of phenols is 2. The van der Waals surface area contributed by atoms with Gasteiger partial charge in [-0.15, -0.1) is 0 Å². The van der Waals surface area contributed by atoms with E-state index in [2.05, 4.69) is 16.0 Å². The highest BCUT2D eigenvalue weighted by Gasteiger charge is 2.29. The van der Waals surface area contributed by atoms with E-state index in [-0.39, 0.29) is 57.1 Å². The van der Waals surface area contributed by atoms with E-state index < -0.39 is 42.3 Å². The van der Waals surface area contributed by atoms with Gasteiger partial charge in [-0.3, -0.25) is 19.2 Å². The average Bonchev–Trinajstić information content (AvgIpc) is 2.91. The van der Waals surface area contributed by atoms with Crippen LogP contribution >= 0.6 is 0 Å². The molecule has 0 saturated carbocycles. The molecule has 2 aromatic carbocycles. The fourth-order valence-electron chi connectivity index (χ4n) is 4.23. The van der Waals surface area contributed by atoms with Gasteiger partial charge in [0.15, 0.2) is 0 Å². The second-order valence-electron chi connectivity index (χ2n) is 9.23. The first-order valence-electron chi connectivity index (χ1n) is 12.5. The van der Waals surface area contributed by atoms with Crippen LogP contribution in [0.2, 0.25) is 0 Å². The summed E-state index contributed by atoms with van der Waals surface area (Å²) in [6.07, 6.45) is -0.104. The molecule has 3 rings (SSSR count). The van der Waals surface area contributed by atoms with Crippen molar-refractivity contribution in [1.29, 1.82) is 0 Å². The topological polar surface area (TPSA) is 226 Å². The second kappa shape index (κ2) is 13.6. The van der Waals surface area contributed by atoms with E-state index in [0.29, 0.717) is 22.3 Å². The number of hydrogen-bond donors (Lipinski definition) is 8. The molecule has 13 heteroatoms. The first-order chi connectivity index (χ1) is 18.6. The maximum absolute atomic E-state index is 13.6. The van der Waals surface area contributed by atoms with E-state index in [1.54, 1.807) is 24.3 Å². The SMILES string of the molecule is NCCNC(=O)CN(CCN)C(=O)C1Cc2cc(ccc2O)-c2ccc(O)c(c2)CC(N)C(=O)NCC(=O)N1. The van der Waals surface area contributed by atoms with Crippen LogP contribution in [0.4, 0.5) is 0 Å². The van der Waals surface area contributed by atoms with E-state index in [9.17, 15) is 29.4 Å². The third-order valence-corrected chi connectivity index (χ3v) is 6.26. The minimum absolute atomic E-state index is 0.0133. The van der Waals surface area contributed by atoms with Crippen LogP contribution in [0.15, 0.2) is 36.4 Å². The van der Waals surface area contributed by atoms with Crippen LogP contribution in [-0.2, 0) is 32.0 Å². The van der Waals surface area contributed by atoms with Crippen LogP contribution in [0.25, 0.3) is 11.1 Å². The summed E-state index contributed by atoms with van der Waals surface area (Å²) in [5, 5.41) is 28.5. The van der Waals surface area contributed by atoms with Crippen LogP contribution < -0.4 is 33.2 Å². The average molecular weight is 542 g/mol. The monoisotopic (exact) mass is 541 g/mol. The first-order valence-corrected chi connectivity index (χ1v) is 12.5. The molecule has 0 fully saturated rings. The zero-order valence-corrected chi connectivity index (χ0v) is 21.5. The lowest BCUT2D eigenvalue weighted by molar-refractivity contribution is -0.139. The summed E-state index contributed by atoms with van der Waals surface area (Å²) in [6.45, 7) is -0.226. The van der Waals surface area contributed by atoms with Crippen LogP contribution in [0.1, 0.15) is 11.1 Å². The lowest BCUT2D eigenvalue weighted by atomic mass is 9.95. The molecule has 0 radical (unpaired) electrons. The Morgan fingerprint density at radius 2 is 1.59 bits per heavy atom. The number of nitrogens with zero attached hydrogens (tertiary/aromatic N) is 1. The van der Waals surface area contributed by atoms with Gasteiger partial charge in [-0.1, -0.05) is 12.1 Å². The molecule has 0 saturated heterocycles. The second-order valence-corrected chi connectivity index (χ2v) is 9.23. The molecule has 11 N–H and O–H groups in total. The Morgan fingerprint density at radius 1 is 0.974 bits per heavy atom. The molecule has 1 heterocycles. The first kappa shape index (κ1) is 29.4. The van der Waals surface area contributed by atoms with Crippen molar-refractivity contribution in [2.24, 2.45) is 17.2 Å². The van der Waals surface area contributed by atoms with E-state index in [0.717, 1.165) is 0 Å². The highest BCUT2D eigenvalue weighted by atomic mass is 16.3.